The number of nitrogens with zero attached hydrogens (tertiary/aromatic N) is 4. The van der Waals surface area contributed by atoms with Crippen molar-refractivity contribution in [1.82, 2.24) is 20.0 Å². The van der Waals surface area contributed by atoms with Gasteiger partial charge in [-0.3, -0.25) is 4.68 Å². The summed E-state index contributed by atoms with van der Waals surface area (Å²) in [5.41, 5.74) is 7.91. The number of hydrogen-bond donors (Lipinski definition) is 1. The van der Waals surface area contributed by atoms with Crippen molar-refractivity contribution in [2.24, 2.45) is 7.05 Å². The number of rotatable bonds is 2. The average molecular weight is 207 g/mol. The highest BCUT2D eigenvalue weighted by Crippen LogP contribution is 2.26. The van der Waals surface area contributed by atoms with E-state index in [0.717, 1.165) is 5.69 Å². The molecule has 0 aliphatic rings. The predicted octanol–water partition coefficient (Wildman–Crippen LogP) is 0.923. The lowest BCUT2D eigenvalue weighted by molar-refractivity contribution is 0.508. The number of aromatic nitrogens is 4. The van der Waals surface area contributed by atoms with Crippen molar-refractivity contribution >= 4 is 5.69 Å². The standard InChI is InChI=1S/C9H13N5O/c1-4-6-11-12-9(15-6)8-7(10)5(2)13-14(8)3/h4,10H2,1-3H3. The highest BCUT2D eigenvalue weighted by atomic mass is 16.4. The second-order valence-corrected chi connectivity index (χ2v) is 3.33. The van der Waals surface area contributed by atoms with Gasteiger partial charge in [-0.2, -0.15) is 5.10 Å². The SMILES string of the molecule is CCc1nnc(-c2c(N)c(C)nn2C)o1. The summed E-state index contributed by atoms with van der Waals surface area (Å²) in [7, 11) is 1.80. The lowest BCUT2D eigenvalue weighted by atomic mass is 10.3. The van der Waals surface area contributed by atoms with Gasteiger partial charge in [0.15, 0.2) is 0 Å². The number of nitrogen functional groups attached to an aromatic ring is 1. The van der Waals surface area contributed by atoms with E-state index < -0.39 is 0 Å². The molecular weight excluding hydrogens is 194 g/mol. The van der Waals surface area contributed by atoms with Crippen LogP contribution in [0.3, 0.4) is 0 Å². The van der Waals surface area contributed by atoms with Gasteiger partial charge in [0.05, 0.1) is 11.4 Å². The van der Waals surface area contributed by atoms with Crippen LogP contribution in [0.15, 0.2) is 4.42 Å². The van der Waals surface area contributed by atoms with Crippen LogP contribution in [0.2, 0.25) is 0 Å². The van der Waals surface area contributed by atoms with Crippen LogP contribution in [0.4, 0.5) is 5.69 Å². The van der Waals surface area contributed by atoms with Crippen molar-refractivity contribution in [3.05, 3.63) is 11.6 Å². The molecule has 0 unspecified atom stereocenters. The molecule has 6 nitrogen and oxygen atoms in total. The van der Waals surface area contributed by atoms with Crippen LogP contribution < -0.4 is 5.73 Å². The molecule has 2 rings (SSSR count). The van der Waals surface area contributed by atoms with Crippen molar-refractivity contribution in [3.63, 3.8) is 0 Å². The van der Waals surface area contributed by atoms with Gasteiger partial charge in [0.1, 0.15) is 5.69 Å². The Labute approximate surface area is 87.1 Å². The van der Waals surface area contributed by atoms with Crippen LogP contribution >= 0.6 is 0 Å². The summed E-state index contributed by atoms with van der Waals surface area (Å²) >= 11 is 0. The molecule has 0 aliphatic heterocycles. The van der Waals surface area contributed by atoms with E-state index in [4.69, 9.17) is 10.2 Å². The quantitative estimate of drug-likeness (QED) is 0.791. The monoisotopic (exact) mass is 207 g/mol. The van der Waals surface area contributed by atoms with Gasteiger partial charge in [-0.05, 0) is 6.92 Å². The minimum Gasteiger partial charge on any atom is -0.419 e. The molecule has 0 fully saturated rings. The third-order valence-electron chi connectivity index (χ3n) is 2.24. The number of anilines is 1. The summed E-state index contributed by atoms with van der Waals surface area (Å²) in [6, 6.07) is 0. The Morgan fingerprint density at radius 2 is 2.13 bits per heavy atom. The molecule has 2 N–H and O–H groups in total. The molecule has 0 spiro atoms. The molecule has 0 amide bonds. The molecule has 0 saturated heterocycles. The second kappa shape index (κ2) is 3.38. The van der Waals surface area contributed by atoms with Crippen molar-refractivity contribution in [2.45, 2.75) is 20.3 Å². The topological polar surface area (TPSA) is 82.8 Å². The summed E-state index contributed by atoms with van der Waals surface area (Å²) in [6.07, 6.45) is 0.712. The maximum atomic E-state index is 5.88. The van der Waals surface area contributed by atoms with Crippen molar-refractivity contribution in [3.8, 4) is 11.6 Å². The first-order valence-corrected chi connectivity index (χ1v) is 4.75. The van der Waals surface area contributed by atoms with E-state index in [1.807, 2.05) is 13.8 Å². The second-order valence-electron chi connectivity index (χ2n) is 3.33. The summed E-state index contributed by atoms with van der Waals surface area (Å²) < 4.78 is 7.08. The Kier molecular flexibility index (Phi) is 2.18. The van der Waals surface area contributed by atoms with E-state index in [9.17, 15) is 0 Å². The normalized spacial score (nSPS) is 10.9. The fraction of sp³-hybridized carbons (Fsp3) is 0.444. The molecule has 80 valence electrons. The fourth-order valence-electron chi connectivity index (χ4n) is 1.42. The summed E-state index contributed by atoms with van der Waals surface area (Å²) in [4.78, 5) is 0. The predicted molar refractivity (Wildman–Crippen MR) is 55.0 cm³/mol. The van der Waals surface area contributed by atoms with E-state index in [2.05, 4.69) is 15.3 Å². The van der Waals surface area contributed by atoms with Crippen molar-refractivity contribution < 1.29 is 4.42 Å². The molecule has 0 saturated carbocycles. The van der Waals surface area contributed by atoms with Crippen LogP contribution in [-0.4, -0.2) is 20.0 Å². The number of aryl methyl sites for hydroxylation is 3. The maximum absolute atomic E-state index is 5.88. The first-order valence-electron chi connectivity index (χ1n) is 4.75. The van der Waals surface area contributed by atoms with Gasteiger partial charge in [0.2, 0.25) is 5.89 Å². The summed E-state index contributed by atoms with van der Waals surface area (Å²) in [5, 5.41) is 12.0. The highest BCUT2D eigenvalue weighted by molar-refractivity contribution is 5.68. The van der Waals surface area contributed by atoms with E-state index >= 15 is 0 Å². The average Bonchev–Trinajstić information content (AvgIpc) is 2.74. The molecule has 15 heavy (non-hydrogen) atoms. The van der Waals surface area contributed by atoms with Gasteiger partial charge >= 0.3 is 0 Å². The molecule has 0 aromatic carbocycles. The van der Waals surface area contributed by atoms with Crippen molar-refractivity contribution in [1.29, 1.82) is 0 Å². The van der Waals surface area contributed by atoms with Crippen LogP contribution in [0.1, 0.15) is 18.5 Å². The summed E-state index contributed by atoms with van der Waals surface area (Å²) in [5.74, 6) is 1.02. The van der Waals surface area contributed by atoms with Gasteiger partial charge < -0.3 is 10.2 Å². The molecule has 0 aliphatic carbocycles. The number of nitrogens with two attached hydrogens (primary N) is 1. The van der Waals surface area contributed by atoms with E-state index in [1.54, 1.807) is 11.7 Å². The lowest BCUT2D eigenvalue weighted by Crippen LogP contribution is -1.95. The van der Waals surface area contributed by atoms with Gasteiger partial charge in [-0.25, -0.2) is 0 Å². The Morgan fingerprint density at radius 3 is 2.60 bits per heavy atom. The largest absolute Gasteiger partial charge is 0.419 e. The van der Waals surface area contributed by atoms with E-state index in [1.165, 1.54) is 0 Å². The van der Waals surface area contributed by atoms with Gasteiger partial charge in [-0.1, -0.05) is 6.92 Å². The smallest absolute Gasteiger partial charge is 0.268 e. The third kappa shape index (κ3) is 1.47. The number of hydrogen-bond acceptors (Lipinski definition) is 5. The lowest BCUT2D eigenvalue weighted by Gasteiger charge is -1.96. The van der Waals surface area contributed by atoms with E-state index in [0.29, 0.717) is 29.6 Å². The molecule has 0 radical (unpaired) electrons. The van der Waals surface area contributed by atoms with Gasteiger partial charge in [0, 0.05) is 13.5 Å². The zero-order valence-corrected chi connectivity index (χ0v) is 8.98. The maximum Gasteiger partial charge on any atom is 0.268 e. The zero-order chi connectivity index (χ0) is 11.0. The molecule has 0 bridgehead atoms. The molecular formula is C9H13N5O. The molecule has 2 aromatic rings. The fourth-order valence-corrected chi connectivity index (χ4v) is 1.42. The first-order chi connectivity index (χ1) is 7.13. The minimum atomic E-state index is 0.424. The molecule has 6 heteroatoms. The Hall–Kier alpha value is -1.85. The van der Waals surface area contributed by atoms with Crippen LogP contribution in [-0.2, 0) is 13.5 Å². The molecule has 2 aromatic heterocycles. The van der Waals surface area contributed by atoms with Crippen LogP contribution in [0, 0.1) is 6.92 Å². The van der Waals surface area contributed by atoms with Crippen LogP contribution in [0.25, 0.3) is 11.6 Å². The first kappa shape index (κ1) is 9.70. The minimum absolute atomic E-state index is 0.424. The highest BCUT2D eigenvalue weighted by Gasteiger charge is 2.17. The zero-order valence-electron chi connectivity index (χ0n) is 8.98. The Morgan fingerprint density at radius 1 is 1.40 bits per heavy atom. The Balaban J connectivity index is 2.53. The third-order valence-corrected chi connectivity index (χ3v) is 2.24. The Bertz CT molecular complexity index is 485. The molecule has 0 atom stereocenters. The molecule has 2 heterocycles. The van der Waals surface area contributed by atoms with Gasteiger partial charge in [-0.15, -0.1) is 10.2 Å². The van der Waals surface area contributed by atoms with Gasteiger partial charge in [0.25, 0.3) is 5.89 Å². The van der Waals surface area contributed by atoms with Crippen LogP contribution in [0.5, 0.6) is 0 Å². The van der Waals surface area contributed by atoms with Crippen molar-refractivity contribution in [2.75, 3.05) is 5.73 Å². The van der Waals surface area contributed by atoms with E-state index in [-0.39, 0.29) is 0 Å². The summed E-state index contributed by atoms with van der Waals surface area (Å²) in [6.45, 7) is 3.80.